The summed E-state index contributed by atoms with van der Waals surface area (Å²) in [6, 6.07) is 3.41. The second-order valence-electron chi connectivity index (χ2n) is 3.60. The van der Waals surface area contributed by atoms with Crippen LogP contribution in [0, 0.1) is 12.3 Å². The van der Waals surface area contributed by atoms with Crippen LogP contribution in [-0.4, -0.2) is 23.4 Å². The van der Waals surface area contributed by atoms with E-state index in [1.165, 1.54) is 0 Å². The molecule has 2 N–H and O–H groups in total. The SMILES string of the molecule is CCOC(=O)CC(=N)c1cc(C)cc(Br)c1O. The standard InChI is InChI=1S/C12H14BrNO3/c1-3-17-11(15)6-10(14)8-4-7(2)5-9(13)12(8)16/h4-5,14,16H,3,6H2,1-2H3. The molecule has 0 atom stereocenters. The maximum Gasteiger partial charge on any atom is 0.311 e. The molecular weight excluding hydrogens is 286 g/mol. The summed E-state index contributed by atoms with van der Waals surface area (Å²) >= 11 is 3.20. The van der Waals surface area contributed by atoms with E-state index in [1.807, 2.05) is 6.92 Å². The second-order valence-corrected chi connectivity index (χ2v) is 4.46. The number of ether oxygens (including phenoxy) is 1. The number of hydrogen-bond donors (Lipinski definition) is 2. The third kappa shape index (κ3) is 3.56. The third-order valence-electron chi connectivity index (χ3n) is 2.16. The minimum atomic E-state index is -0.463. The van der Waals surface area contributed by atoms with Crippen LogP contribution >= 0.6 is 15.9 Å². The molecule has 0 aliphatic heterocycles. The summed E-state index contributed by atoms with van der Waals surface area (Å²) in [5.74, 6) is -0.487. The zero-order chi connectivity index (χ0) is 13.0. The Hall–Kier alpha value is -1.36. The number of hydrogen-bond acceptors (Lipinski definition) is 4. The molecule has 0 saturated carbocycles. The molecule has 0 aliphatic carbocycles. The summed E-state index contributed by atoms with van der Waals surface area (Å²) in [5, 5.41) is 17.6. The molecule has 1 rings (SSSR count). The lowest BCUT2D eigenvalue weighted by atomic mass is 10.0. The topological polar surface area (TPSA) is 70.4 Å². The average molecular weight is 300 g/mol. The van der Waals surface area contributed by atoms with Gasteiger partial charge in [-0.05, 0) is 47.5 Å². The fourth-order valence-electron chi connectivity index (χ4n) is 1.42. The van der Waals surface area contributed by atoms with Gasteiger partial charge in [0.15, 0.2) is 0 Å². The summed E-state index contributed by atoms with van der Waals surface area (Å²) in [4.78, 5) is 11.3. The Morgan fingerprint density at radius 1 is 1.53 bits per heavy atom. The Morgan fingerprint density at radius 2 is 2.18 bits per heavy atom. The molecule has 0 radical (unpaired) electrons. The number of nitrogens with one attached hydrogen (secondary N) is 1. The minimum Gasteiger partial charge on any atom is -0.506 e. The first-order valence-electron chi connectivity index (χ1n) is 5.18. The largest absolute Gasteiger partial charge is 0.506 e. The molecule has 0 unspecified atom stereocenters. The maximum atomic E-state index is 11.3. The van der Waals surface area contributed by atoms with Gasteiger partial charge in [-0.15, -0.1) is 0 Å². The average Bonchev–Trinajstić information content (AvgIpc) is 2.23. The minimum absolute atomic E-state index is 0.0232. The molecule has 4 nitrogen and oxygen atoms in total. The summed E-state index contributed by atoms with van der Waals surface area (Å²) in [5.41, 5.74) is 1.30. The zero-order valence-electron chi connectivity index (χ0n) is 9.71. The number of aryl methyl sites for hydroxylation is 1. The van der Waals surface area contributed by atoms with Crippen LogP contribution in [0.2, 0.25) is 0 Å². The van der Waals surface area contributed by atoms with Gasteiger partial charge in [0.1, 0.15) is 5.75 Å². The van der Waals surface area contributed by atoms with Crippen LogP contribution in [0.3, 0.4) is 0 Å². The number of phenols is 1. The van der Waals surface area contributed by atoms with Crippen molar-refractivity contribution in [2.45, 2.75) is 20.3 Å². The van der Waals surface area contributed by atoms with Crippen molar-refractivity contribution >= 4 is 27.6 Å². The Balaban J connectivity index is 2.93. The van der Waals surface area contributed by atoms with E-state index in [9.17, 15) is 9.90 Å². The van der Waals surface area contributed by atoms with Crippen LogP contribution in [-0.2, 0) is 9.53 Å². The van der Waals surface area contributed by atoms with Gasteiger partial charge in [0, 0.05) is 5.56 Å². The molecule has 1 aromatic rings. The van der Waals surface area contributed by atoms with Gasteiger partial charge in [-0.25, -0.2) is 0 Å². The quantitative estimate of drug-likeness (QED) is 0.663. The van der Waals surface area contributed by atoms with Gasteiger partial charge >= 0.3 is 5.97 Å². The number of benzene rings is 1. The first kappa shape index (κ1) is 13.7. The van der Waals surface area contributed by atoms with Gasteiger partial charge in [0.25, 0.3) is 0 Å². The first-order valence-corrected chi connectivity index (χ1v) is 5.97. The van der Waals surface area contributed by atoms with Crippen molar-refractivity contribution in [1.29, 1.82) is 5.41 Å². The molecule has 0 spiro atoms. The number of carbonyl (C=O) groups is 1. The summed E-state index contributed by atoms with van der Waals surface area (Å²) in [6.07, 6.45) is -0.142. The zero-order valence-corrected chi connectivity index (χ0v) is 11.3. The fraction of sp³-hybridized carbons (Fsp3) is 0.333. The molecule has 5 heteroatoms. The van der Waals surface area contributed by atoms with Crippen molar-refractivity contribution in [2.75, 3.05) is 6.61 Å². The number of aromatic hydroxyl groups is 1. The highest BCUT2D eigenvalue weighted by Gasteiger charge is 2.15. The second kappa shape index (κ2) is 5.82. The van der Waals surface area contributed by atoms with Gasteiger partial charge in [-0.3, -0.25) is 4.79 Å². The van der Waals surface area contributed by atoms with Crippen molar-refractivity contribution in [2.24, 2.45) is 0 Å². The van der Waals surface area contributed by atoms with Crippen molar-refractivity contribution in [3.63, 3.8) is 0 Å². The van der Waals surface area contributed by atoms with Gasteiger partial charge in [0.2, 0.25) is 0 Å². The van der Waals surface area contributed by atoms with Crippen molar-refractivity contribution < 1.29 is 14.6 Å². The van der Waals surface area contributed by atoms with Gasteiger partial charge in [0.05, 0.1) is 23.2 Å². The lowest BCUT2D eigenvalue weighted by Crippen LogP contribution is -2.11. The molecule has 92 valence electrons. The summed E-state index contributed by atoms with van der Waals surface area (Å²) in [7, 11) is 0. The maximum absolute atomic E-state index is 11.3. The number of phenolic OH excluding ortho intramolecular Hbond substituents is 1. The number of halogens is 1. The lowest BCUT2D eigenvalue weighted by molar-refractivity contribution is -0.141. The van der Waals surface area contributed by atoms with E-state index in [1.54, 1.807) is 19.1 Å². The molecule has 0 heterocycles. The van der Waals surface area contributed by atoms with Crippen LogP contribution in [0.25, 0.3) is 0 Å². The fourth-order valence-corrected chi connectivity index (χ4v) is 1.99. The summed E-state index contributed by atoms with van der Waals surface area (Å²) < 4.78 is 5.28. The Kier molecular flexibility index (Phi) is 4.69. The Morgan fingerprint density at radius 3 is 2.76 bits per heavy atom. The Labute approximate surface area is 108 Å². The smallest absolute Gasteiger partial charge is 0.311 e. The third-order valence-corrected chi connectivity index (χ3v) is 2.76. The normalized spacial score (nSPS) is 10.1. The number of esters is 1. The van der Waals surface area contributed by atoms with Gasteiger partial charge in [-0.1, -0.05) is 0 Å². The van der Waals surface area contributed by atoms with Crippen LogP contribution in [0.15, 0.2) is 16.6 Å². The van der Waals surface area contributed by atoms with E-state index in [0.29, 0.717) is 10.0 Å². The van der Waals surface area contributed by atoms with E-state index in [2.05, 4.69) is 15.9 Å². The monoisotopic (exact) mass is 299 g/mol. The van der Waals surface area contributed by atoms with Crippen LogP contribution in [0.4, 0.5) is 0 Å². The molecule has 17 heavy (non-hydrogen) atoms. The molecule has 0 aliphatic rings. The van der Waals surface area contributed by atoms with Gasteiger partial charge < -0.3 is 15.3 Å². The molecule has 1 aromatic carbocycles. The summed E-state index contributed by atoms with van der Waals surface area (Å²) in [6.45, 7) is 3.85. The highest BCUT2D eigenvalue weighted by Crippen LogP contribution is 2.30. The molecule has 0 saturated heterocycles. The van der Waals surface area contributed by atoms with Crippen molar-refractivity contribution in [3.05, 3.63) is 27.7 Å². The van der Waals surface area contributed by atoms with E-state index < -0.39 is 5.97 Å². The molecule has 0 fully saturated rings. The van der Waals surface area contributed by atoms with Crippen molar-refractivity contribution in [3.8, 4) is 5.75 Å². The lowest BCUT2D eigenvalue weighted by Gasteiger charge is -2.09. The number of rotatable bonds is 4. The van der Waals surface area contributed by atoms with Crippen LogP contribution in [0.5, 0.6) is 5.75 Å². The highest BCUT2D eigenvalue weighted by molar-refractivity contribution is 9.10. The van der Waals surface area contributed by atoms with E-state index in [-0.39, 0.29) is 24.5 Å². The van der Waals surface area contributed by atoms with E-state index >= 15 is 0 Å². The molecule has 0 amide bonds. The van der Waals surface area contributed by atoms with E-state index in [0.717, 1.165) is 5.56 Å². The van der Waals surface area contributed by atoms with Crippen LogP contribution < -0.4 is 0 Å². The predicted octanol–water partition coefficient (Wildman–Crippen LogP) is 2.78. The Bertz CT molecular complexity index is 457. The first-order chi connectivity index (χ1) is 7.95. The van der Waals surface area contributed by atoms with Crippen LogP contribution in [0.1, 0.15) is 24.5 Å². The highest BCUT2D eigenvalue weighted by atomic mass is 79.9. The molecular formula is C12H14BrNO3. The number of carbonyl (C=O) groups excluding carboxylic acids is 1. The van der Waals surface area contributed by atoms with E-state index in [4.69, 9.17) is 10.1 Å². The molecule has 0 bridgehead atoms. The van der Waals surface area contributed by atoms with Gasteiger partial charge in [-0.2, -0.15) is 0 Å². The molecule has 0 aromatic heterocycles. The van der Waals surface area contributed by atoms with Crippen molar-refractivity contribution in [1.82, 2.24) is 0 Å². The predicted molar refractivity (Wildman–Crippen MR) is 68.6 cm³/mol.